The first kappa shape index (κ1) is 16.8. The number of hydroxylamine groups is 2. The summed E-state index contributed by atoms with van der Waals surface area (Å²) in [5, 5.41) is 1.33. The molecule has 22 heavy (non-hydrogen) atoms. The minimum absolute atomic E-state index is 0.0317. The molecule has 0 spiro atoms. The largest absolute Gasteiger partial charge is 0.467 e. The van der Waals surface area contributed by atoms with Crippen molar-refractivity contribution >= 4 is 5.91 Å². The molecule has 0 saturated heterocycles. The standard InChI is InChI=1S/C17H25NO4/c1-12-8-9-16(22-11-20-3)15(10-12)13-6-5-7-14(13)17(19)18(2)21-4/h8-10,13-14H,5-7,11H2,1-4H3/t13-,14+/m1/s1. The zero-order valence-corrected chi connectivity index (χ0v) is 13.8. The molecule has 1 aliphatic carbocycles. The number of carbonyl (C=O) groups is 1. The van der Waals surface area contributed by atoms with Crippen LogP contribution in [0.25, 0.3) is 0 Å². The van der Waals surface area contributed by atoms with Crippen molar-refractivity contribution in [1.82, 2.24) is 5.06 Å². The van der Waals surface area contributed by atoms with Crippen LogP contribution in [0.15, 0.2) is 18.2 Å². The summed E-state index contributed by atoms with van der Waals surface area (Å²) < 4.78 is 10.7. The Labute approximate surface area is 132 Å². The zero-order chi connectivity index (χ0) is 16.1. The molecule has 1 amide bonds. The van der Waals surface area contributed by atoms with Gasteiger partial charge in [0.25, 0.3) is 0 Å². The van der Waals surface area contributed by atoms with Crippen molar-refractivity contribution in [3.05, 3.63) is 29.3 Å². The molecule has 2 rings (SSSR count). The quantitative estimate of drug-likeness (QED) is 0.599. The van der Waals surface area contributed by atoms with E-state index < -0.39 is 0 Å². The van der Waals surface area contributed by atoms with Crippen LogP contribution in [0.2, 0.25) is 0 Å². The molecule has 1 aromatic carbocycles. The maximum absolute atomic E-state index is 12.5. The van der Waals surface area contributed by atoms with Crippen LogP contribution in [0, 0.1) is 12.8 Å². The normalized spacial score (nSPS) is 20.9. The molecule has 1 saturated carbocycles. The fraction of sp³-hybridized carbons (Fsp3) is 0.588. The van der Waals surface area contributed by atoms with Crippen molar-refractivity contribution in [3.63, 3.8) is 0 Å². The van der Waals surface area contributed by atoms with Gasteiger partial charge < -0.3 is 9.47 Å². The van der Waals surface area contributed by atoms with Crippen molar-refractivity contribution in [2.24, 2.45) is 5.92 Å². The summed E-state index contributed by atoms with van der Waals surface area (Å²) in [4.78, 5) is 17.6. The molecule has 0 unspecified atom stereocenters. The van der Waals surface area contributed by atoms with Crippen LogP contribution in [0.1, 0.15) is 36.3 Å². The van der Waals surface area contributed by atoms with E-state index in [4.69, 9.17) is 14.3 Å². The first-order valence-electron chi connectivity index (χ1n) is 7.62. The van der Waals surface area contributed by atoms with E-state index in [1.807, 2.05) is 12.1 Å². The summed E-state index contributed by atoms with van der Waals surface area (Å²) in [6.45, 7) is 2.26. The van der Waals surface area contributed by atoms with Crippen LogP contribution in [0.3, 0.4) is 0 Å². The van der Waals surface area contributed by atoms with E-state index in [1.165, 1.54) is 12.2 Å². The van der Waals surface area contributed by atoms with Gasteiger partial charge in [-0.25, -0.2) is 5.06 Å². The average Bonchev–Trinajstić information content (AvgIpc) is 3.01. The maximum atomic E-state index is 12.5. The summed E-state index contributed by atoms with van der Waals surface area (Å²) in [6.07, 6.45) is 2.91. The second-order valence-corrected chi connectivity index (χ2v) is 5.75. The molecule has 0 radical (unpaired) electrons. The number of benzene rings is 1. The predicted octanol–water partition coefficient (Wildman–Crippen LogP) is 2.88. The molecule has 0 aliphatic heterocycles. The summed E-state index contributed by atoms with van der Waals surface area (Å²) in [5.41, 5.74) is 2.26. The number of amides is 1. The van der Waals surface area contributed by atoms with Crippen LogP contribution >= 0.6 is 0 Å². The summed E-state index contributed by atoms with van der Waals surface area (Å²) in [7, 11) is 4.78. The van der Waals surface area contributed by atoms with E-state index in [9.17, 15) is 4.79 Å². The molecule has 2 atom stereocenters. The molecular formula is C17H25NO4. The van der Waals surface area contributed by atoms with Crippen molar-refractivity contribution in [3.8, 4) is 5.75 Å². The lowest BCUT2D eigenvalue weighted by Crippen LogP contribution is -2.33. The Morgan fingerprint density at radius 2 is 2.09 bits per heavy atom. The Morgan fingerprint density at radius 1 is 1.32 bits per heavy atom. The number of hydrogen-bond donors (Lipinski definition) is 0. The van der Waals surface area contributed by atoms with Crippen LogP contribution < -0.4 is 4.74 Å². The third-order valence-electron chi connectivity index (χ3n) is 4.31. The lowest BCUT2D eigenvalue weighted by Gasteiger charge is -2.25. The van der Waals surface area contributed by atoms with Crippen LogP contribution in [-0.2, 0) is 14.4 Å². The molecule has 5 nitrogen and oxygen atoms in total. The molecule has 0 bridgehead atoms. The topological polar surface area (TPSA) is 48.0 Å². The number of aryl methyl sites for hydroxylation is 1. The van der Waals surface area contributed by atoms with Gasteiger partial charge in [-0.15, -0.1) is 0 Å². The van der Waals surface area contributed by atoms with E-state index in [0.717, 1.165) is 36.1 Å². The van der Waals surface area contributed by atoms with Crippen LogP contribution in [0.4, 0.5) is 0 Å². The van der Waals surface area contributed by atoms with Crippen molar-refractivity contribution < 1.29 is 19.1 Å². The van der Waals surface area contributed by atoms with E-state index >= 15 is 0 Å². The summed E-state index contributed by atoms with van der Waals surface area (Å²) in [6, 6.07) is 6.10. The first-order valence-corrected chi connectivity index (χ1v) is 7.62. The molecule has 5 heteroatoms. The number of hydrogen-bond acceptors (Lipinski definition) is 4. The summed E-state index contributed by atoms with van der Waals surface area (Å²) in [5.74, 6) is 0.940. The molecule has 122 valence electrons. The third-order valence-corrected chi connectivity index (χ3v) is 4.31. The van der Waals surface area contributed by atoms with E-state index in [0.29, 0.717) is 0 Å². The molecule has 1 aromatic rings. The smallest absolute Gasteiger partial charge is 0.249 e. The van der Waals surface area contributed by atoms with Crippen LogP contribution in [0.5, 0.6) is 5.75 Å². The number of nitrogens with zero attached hydrogens (tertiary/aromatic N) is 1. The summed E-state index contributed by atoms with van der Waals surface area (Å²) >= 11 is 0. The van der Waals surface area contributed by atoms with Crippen molar-refractivity contribution in [1.29, 1.82) is 0 Å². The van der Waals surface area contributed by atoms with Gasteiger partial charge in [-0.1, -0.05) is 24.1 Å². The molecule has 1 fully saturated rings. The van der Waals surface area contributed by atoms with Gasteiger partial charge in [0.15, 0.2) is 6.79 Å². The van der Waals surface area contributed by atoms with Gasteiger partial charge in [0, 0.05) is 20.1 Å². The zero-order valence-electron chi connectivity index (χ0n) is 13.8. The Bertz CT molecular complexity index is 517. The van der Waals surface area contributed by atoms with Gasteiger partial charge in [-0.3, -0.25) is 9.63 Å². The van der Waals surface area contributed by atoms with Crippen LogP contribution in [-0.4, -0.2) is 39.0 Å². The second-order valence-electron chi connectivity index (χ2n) is 5.75. The monoisotopic (exact) mass is 307 g/mol. The highest BCUT2D eigenvalue weighted by molar-refractivity contribution is 5.79. The highest BCUT2D eigenvalue weighted by atomic mass is 16.7. The van der Waals surface area contributed by atoms with Crippen molar-refractivity contribution in [2.75, 3.05) is 28.1 Å². The number of ether oxygens (including phenoxy) is 2. The number of methoxy groups -OCH3 is 1. The Kier molecular flexibility index (Phi) is 5.80. The van der Waals surface area contributed by atoms with Gasteiger partial charge in [0.05, 0.1) is 7.11 Å². The molecule has 1 aliphatic rings. The third kappa shape index (κ3) is 3.59. The molecule has 0 aromatic heterocycles. The maximum Gasteiger partial charge on any atom is 0.249 e. The predicted molar refractivity (Wildman–Crippen MR) is 83.5 cm³/mol. The molecular weight excluding hydrogens is 282 g/mol. The molecule has 0 heterocycles. The SMILES string of the molecule is COCOc1ccc(C)cc1[C@@H]1CCC[C@@H]1C(=O)N(C)OC. The fourth-order valence-electron chi connectivity index (χ4n) is 3.16. The van der Waals surface area contributed by atoms with E-state index in [-0.39, 0.29) is 24.5 Å². The Morgan fingerprint density at radius 3 is 2.77 bits per heavy atom. The Hall–Kier alpha value is -1.59. The van der Waals surface area contributed by atoms with Crippen molar-refractivity contribution in [2.45, 2.75) is 32.1 Å². The highest BCUT2D eigenvalue weighted by Gasteiger charge is 2.37. The number of carbonyl (C=O) groups excluding carboxylic acids is 1. The van der Waals surface area contributed by atoms with Gasteiger partial charge in [0.1, 0.15) is 5.75 Å². The van der Waals surface area contributed by atoms with Gasteiger partial charge >= 0.3 is 0 Å². The second kappa shape index (κ2) is 7.61. The highest BCUT2D eigenvalue weighted by Crippen LogP contribution is 2.44. The fourth-order valence-corrected chi connectivity index (χ4v) is 3.16. The van der Waals surface area contributed by atoms with Gasteiger partial charge in [0.2, 0.25) is 5.91 Å². The minimum atomic E-state index is -0.0587. The first-order chi connectivity index (χ1) is 10.6. The Balaban J connectivity index is 2.28. The van der Waals surface area contributed by atoms with Gasteiger partial charge in [-0.05, 0) is 37.3 Å². The van der Waals surface area contributed by atoms with Gasteiger partial charge in [-0.2, -0.15) is 0 Å². The van der Waals surface area contributed by atoms with E-state index in [2.05, 4.69) is 13.0 Å². The lowest BCUT2D eigenvalue weighted by molar-refractivity contribution is -0.173. The number of rotatable bonds is 6. The molecule has 0 N–H and O–H groups in total. The van der Waals surface area contributed by atoms with E-state index in [1.54, 1.807) is 14.2 Å². The lowest BCUT2D eigenvalue weighted by atomic mass is 9.87. The minimum Gasteiger partial charge on any atom is -0.467 e. The average molecular weight is 307 g/mol.